The quantitative estimate of drug-likeness (QED) is 0.722. The van der Waals surface area contributed by atoms with Gasteiger partial charge in [0.2, 0.25) is 5.91 Å². The third kappa shape index (κ3) is 4.71. The first kappa shape index (κ1) is 15.2. The number of amides is 1. The summed E-state index contributed by atoms with van der Waals surface area (Å²) in [5.41, 5.74) is 6.47. The van der Waals surface area contributed by atoms with Crippen molar-refractivity contribution >= 4 is 11.9 Å². The van der Waals surface area contributed by atoms with Crippen LogP contribution in [0.5, 0.6) is 0 Å². The van der Waals surface area contributed by atoms with Crippen molar-refractivity contribution in [3.8, 4) is 0 Å². The van der Waals surface area contributed by atoms with Gasteiger partial charge < -0.3 is 16.2 Å². The highest BCUT2D eigenvalue weighted by Gasteiger charge is 2.24. The number of nitrogens with two attached hydrogens (primary N) is 1. The van der Waals surface area contributed by atoms with Gasteiger partial charge in [0, 0.05) is 0 Å². The average molecular weight is 264 g/mol. The first-order chi connectivity index (χ1) is 8.91. The van der Waals surface area contributed by atoms with Gasteiger partial charge in [-0.3, -0.25) is 4.79 Å². The summed E-state index contributed by atoms with van der Waals surface area (Å²) in [5.74, 6) is -1.34. The summed E-state index contributed by atoms with van der Waals surface area (Å²) in [6, 6.07) is 7.12. The molecule has 0 aliphatic heterocycles. The van der Waals surface area contributed by atoms with E-state index in [-0.39, 0.29) is 5.92 Å². The number of nitrogens with one attached hydrogen (secondary N) is 1. The van der Waals surface area contributed by atoms with Gasteiger partial charge in [0.15, 0.2) is 0 Å². The molecular formula is C14H20N2O3. The minimum Gasteiger partial charge on any atom is -0.480 e. The Hall–Kier alpha value is -1.88. The SMILES string of the molecule is CC(C)C[C@H](NC(=O)C(N)c1ccccc1)C(=O)O. The minimum absolute atomic E-state index is 0.175. The lowest BCUT2D eigenvalue weighted by molar-refractivity contribution is -0.142. The maximum atomic E-state index is 11.9. The van der Waals surface area contributed by atoms with Crippen molar-refractivity contribution in [3.05, 3.63) is 35.9 Å². The highest BCUT2D eigenvalue weighted by Crippen LogP contribution is 2.11. The van der Waals surface area contributed by atoms with Gasteiger partial charge in [-0.25, -0.2) is 4.79 Å². The molecule has 0 aliphatic carbocycles. The van der Waals surface area contributed by atoms with E-state index in [1.165, 1.54) is 0 Å². The molecule has 0 radical (unpaired) electrons. The summed E-state index contributed by atoms with van der Waals surface area (Å²) >= 11 is 0. The van der Waals surface area contributed by atoms with Crippen molar-refractivity contribution < 1.29 is 14.7 Å². The highest BCUT2D eigenvalue weighted by molar-refractivity contribution is 5.87. The van der Waals surface area contributed by atoms with Crippen LogP contribution in [0.1, 0.15) is 31.9 Å². The van der Waals surface area contributed by atoms with Crippen molar-refractivity contribution in [2.75, 3.05) is 0 Å². The lowest BCUT2D eigenvalue weighted by atomic mass is 10.0. The molecule has 0 fully saturated rings. The average Bonchev–Trinajstić information content (AvgIpc) is 2.37. The fourth-order valence-electron chi connectivity index (χ4n) is 1.77. The lowest BCUT2D eigenvalue weighted by Crippen LogP contribution is -2.45. The minimum atomic E-state index is -1.04. The van der Waals surface area contributed by atoms with Gasteiger partial charge in [-0.15, -0.1) is 0 Å². The number of hydrogen-bond acceptors (Lipinski definition) is 3. The zero-order valence-corrected chi connectivity index (χ0v) is 11.2. The molecule has 2 atom stereocenters. The number of aliphatic carboxylic acids is 1. The molecule has 1 unspecified atom stereocenters. The Morgan fingerprint density at radius 1 is 1.26 bits per heavy atom. The number of rotatable bonds is 6. The fraction of sp³-hybridized carbons (Fsp3) is 0.429. The van der Waals surface area contributed by atoms with Crippen LogP contribution in [0.15, 0.2) is 30.3 Å². The lowest BCUT2D eigenvalue weighted by Gasteiger charge is -2.19. The highest BCUT2D eigenvalue weighted by atomic mass is 16.4. The maximum Gasteiger partial charge on any atom is 0.326 e. The van der Waals surface area contributed by atoms with Gasteiger partial charge in [0.25, 0.3) is 0 Å². The van der Waals surface area contributed by atoms with Crippen molar-refractivity contribution in [3.63, 3.8) is 0 Å². The van der Waals surface area contributed by atoms with Gasteiger partial charge >= 0.3 is 5.97 Å². The molecule has 0 aliphatic rings. The normalized spacial score (nSPS) is 13.9. The van der Waals surface area contributed by atoms with Crippen LogP contribution in [-0.2, 0) is 9.59 Å². The van der Waals surface area contributed by atoms with E-state index in [4.69, 9.17) is 10.8 Å². The molecule has 1 aromatic carbocycles. The van der Waals surface area contributed by atoms with E-state index in [0.717, 1.165) is 0 Å². The number of carboxylic acid groups (broad SMARTS) is 1. The molecule has 1 aromatic rings. The second-order valence-corrected chi connectivity index (χ2v) is 4.92. The molecule has 0 heterocycles. The molecule has 0 aromatic heterocycles. The molecule has 5 nitrogen and oxygen atoms in total. The number of carbonyl (C=O) groups is 2. The smallest absolute Gasteiger partial charge is 0.326 e. The van der Waals surface area contributed by atoms with Crippen LogP contribution in [0.3, 0.4) is 0 Å². The van der Waals surface area contributed by atoms with Crippen molar-refractivity contribution in [1.29, 1.82) is 0 Å². The summed E-state index contributed by atoms with van der Waals surface area (Å²) in [4.78, 5) is 23.0. The molecule has 1 amide bonds. The summed E-state index contributed by atoms with van der Waals surface area (Å²) in [7, 11) is 0. The van der Waals surface area contributed by atoms with Gasteiger partial charge in [-0.2, -0.15) is 0 Å². The predicted molar refractivity (Wildman–Crippen MR) is 72.4 cm³/mol. The molecule has 0 bridgehead atoms. The molecular weight excluding hydrogens is 244 g/mol. The van der Waals surface area contributed by atoms with Crippen molar-refractivity contribution in [2.24, 2.45) is 11.7 Å². The van der Waals surface area contributed by atoms with Crippen molar-refractivity contribution in [2.45, 2.75) is 32.4 Å². The van der Waals surface area contributed by atoms with E-state index >= 15 is 0 Å². The number of carbonyl (C=O) groups excluding carboxylic acids is 1. The van der Waals surface area contributed by atoms with Crippen LogP contribution in [0.4, 0.5) is 0 Å². The number of carboxylic acids is 1. The summed E-state index contributed by atoms with van der Waals surface area (Å²) in [5, 5.41) is 11.6. The molecule has 0 saturated carbocycles. The Labute approximate surface area is 112 Å². The first-order valence-electron chi connectivity index (χ1n) is 6.25. The zero-order chi connectivity index (χ0) is 14.4. The summed E-state index contributed by atoms with van der Waals surface area (Å²) in [6.45, 7) is 3.80. The fourth-order valence-corrected chi connectivity index (χ4v) is 1.77. The second-order valence-electron chi connectivity index (χ2n) is 4.92. The van der Waals surface area contributed by atoms with Crippen LogP contribution >= 0.6 is 0 Å². The van der Waals surface area contributed by atoms with Gasteiger partial charge in [-0.05, 0) is 17.9 Å². The van der Waals surface area contributed by atoms with Gasteiger partial charge in [0.1, 0.15) is 12.1 Å². The third-order valence-electron chi connectivity index (χ3n) is 2.76. The molecule has 0 saturated heterocycles. The molecule has 4 N–H and O–H groups in total. The van der Waals surface area contributed by atoms with E-state index < -0.39 is 24.0 Å². The first-order valence-corrected chi connectivity index (χ1v) is 6.25. The molecule has 104 valence electrons. The van der Waals surface area contributed by atoms with E-state index in [1.807, 2.05) is 19.9 Å². The summed E-state index contributed by atoms with van der Waals surface area (Å²) in [6.07, 6.45) is 0.378. The van der Waals surface area contributed by atoms with Crippen LogP contribution in [0.25, 0.3) is 0 Å². The van der Waals surface area contributed by atoms with Gasteiger partial charge in [0.05, 0.1) is 0 Å². The third-order valence-corrected chi connectivity index (χ3v) is 2.76. The Morgan fingerprint density at radius 2 is 1.84 bits per heavy atom. The Balaban J connectivity index is 2.69. The Bertz CT molecular complexity index is 432. The number of benzene rings is 1. The second kappa shape index (κ2) is 6.89. The van der Waals surface area contributed by atoms with Crippen molar-refractivity contribution in [1.82, 2.24) is 5.32 Å². The molecule has 0 spiro atoms. The Morgan fingerprint density at radius 3 is 2.32 bits per heavy atom. The zero-order valence-electron chi connectivity index (χ0n) is 11.2. The van der Waals surface area contributed by atoms with Crippen LogP contribution < -0.4 is 11.1 Å². The maximum absolute atomic E-state index is 11.9. The monoisotopic (exact) mass is 264 g/mol. The summed E-state index contributed by atoms with van der Waals surface area (Å²) < 4.78 is 0. The van der Waals surface area contributed by atoms with Crippen LogP contribution in [0, 0.1) is 5.92 Å². The topological polar surface area (TPSA) is 92.4 Å². The number of hydrogen-bond donors (Lipinski definition) is 3. The van der Waals surface area contributed by atoms with Crippen LogP contribution in [-0.4, -0.2) is 23.0 Å². The predicted octanol–water partition coefficient (Wildman–Crippen LogP) is 1.30. The van der Waals surface area contributed by atoms with E-state index in [2.05, 4.69) is 5.32 Å². The van der Waals surface area contributed by atoms with Crippen LogP contribution in [0.2, 0.25) is 0 Å². The Kier molecular flexibility index (Phi) is 5.51. The molecule has 1 rings (SSSR count). The van der Waals surface area contributed by atoms with Gasteiger partial charge in [-0.1, -0.05) is 44.2 Å². The van der Waals surface area contributed by atoms with E-state index in [9.17, 15) is 9.59 Å². The standard InChI is InChI=1S/C14H20N2O3/c1-9(2)8-11(14(18)19)16-13(17)12(15)10-6-4-3-5-7-10/h3-7,9,11-12H,8,15H2,1-2H3,(H,16,17)(H,18,19)/t11-,12?/m0/s1. The largest absolute Gasteiger partial charge is 0.480 e. The van der Waals surface area contributed by atoms with E-state index in [1.54, 1.807) is 24.3 Å². The molecule has 19 heavy (non-hydrogen) atoms. The van der Waals surface area contributed by atoms with E-state index in [0.29, 0.717) is 12.0 Å². The molecule has 5 heteroatoms.